The molecule has 2 aliphatic rings. The van der Waals surface area contributed by atoms with Crippen molar-refractivity contribution in [1.29, 1.82) is 0 Å². The molecule has 2 saturated heterocycles. The Hall–Kier alpha value is -3.01. The van der Waals surface area contributed by atoms with E-state index in [-0.39, 0.29) is 41.2 Å². The van der Waals surface area contributed by atoms with E-state index in [1.807, 2.05) is 0 Å². The quantitative estimate of drug-likeness (QED) is 0.296. The molecule has 4 N–H and O–H groups in total. The van der Waals surface area contributed by atoms with Gasteiger partial charge in [0.1, 0.15) is 19.9 Å². The molecule has 0 aromatic heterocycles. The zero-order valence-corrected chi connectivity index (χ0v) is 21.4. The van der Waals surface area contributed by atoms with E-state index in [1.165, 1.54) is 0 Å². The van der Waals surface area contributed by atoms with E-state index in [0.717, 1.165) is 31.2 Å². The third kappa shape index (κ3) is 7.28. The van der Waals surface area contributed by atoms with Gasteiger partial charge in [-0.25, -0.2) is 0 Å². The largest absolute Gasteiger partial charge is 0.350 e. The Morgan fingerprint density at radius 1 is 1.08 bits per heavy atom. The zero-order valence-electron chi connectivity index (χ0n) is 21.4. The summed E-state index contributed by atoms with van der Waals surface area (Å²) in [4.78, 5) is 52.9. The fourth-order valence-electron chi connectivity index (χ4n) is 4.75. The van der Waals surface area contributed by atoms with Gasteiger partial charge in [0.2, 0.25) is 23.6 Å². The van der Waals surface area contributed by atoms with Gasteiger partial charge in [-0.3, -0.25) is 19.2 Å². The van der Waals surface area contributed by atoms with Gasteiger partial charge in [-0.2, -0.15) is 5.37 Å². The summed E-state index contributed by atoms with van der Waals surface area (Å²) in [5.41, 5.74) is 0.937. The standard InChI is InChI=1S/C25H32B3N5O4/c1-14(29-2)22(34)32-18-9-4-3-8-17-10-11-19(33(17)25(18)37)23(35)30-13-15-6-5-7-16(12-15)31-24(36)20(26)21(27)28/h5-7,12,14,17-19,29H,3-4,8-11,13H2,1-2H3,(H,30,35)(H,31,36)(H,32,34)/t14-,17-,18-,19-/m0/s1. The molecule has 2 heterocycles. The highest BCUT2D eigenvalue weighted by Crippen LogP contribution is 2.31. The molecule has 4 atom stereocenters. The number of rotatable bonds is 8. The van der Waals surface area contributed by atoms with Crippen molar-refractivity contribution in [2.24, 2.45) is 0 Å². The van der Waals surface area contributed by atoms with Crippen molar-refractivity contribution < 1.29 is 19.2 Å². The first-order valence-electron chi connectivity index (χ1n) is 12.6. The van der Waals surface area contributed by atoms with Gasteiger partial charge in [-0.15, -0.1) is 0 Å². The van der Waals surface area contributed by atoms with Crippen LogP contribution in [-0.2, 0) is 25.7 Å². The molecule has 0 saturated carbocycles. The van der Waals surface area contributed by atoms with Crippen LogP contribution in [0.3, 0.4) is 0 Å². The molecule has 2 fully saturated rings. The van der Waals surface area contributed by atoms with Crippen LogP contribution in [0.15, 0.2) is 35.1 Å². The molecule has 1 aromatic rings. The molecule has 190 valence electrons. The Morgan fingerprint density at radius 3 is 2.51 bits per heavy atom. The van der Waals surface area contributed by atoms with Crippen LogP contribution in [0.5, 0.6) is 0 Å². The number of nitrogens with one attached hydrogen (secondary N) is 4. The lowest BCUT2D eigenvalue weighted by Crippen LogP contribution is -2.57. The topological polar surface area (TPSA) is 120 Å². The van der Waals surface area contributed by atoms with Crippen LogP contribution in [0.4, 0.5) is 5.69 Å². The Labute approximate surface area is 222 Å². The summed E-state index contributed by atoms with van der Waals surface area (Å²) in [5.74, 6) is -1.31. The first kappa shape index (κ1) is 28.6. The van der Waals surface area contributed by atoms with Crippen LogP contribution < -0.4 is 21.3 Å². The summed E-state index contributed by atoms with van der Waals surface area (Å²) in [6, 6.07) is 5.22. The van der Waals surface area contributed by atoms with Crippen LogP contribution in [0.2, 0.25) is 0 Å². The van der Waals surface area contributed by atoms with Crippen LogP contribution in [-0.4, -0.2) is 83.3 Å². The molecule has 2 aliphatic heterocycles. The summed E-state index contributed by atoms with van der Waals surface area (Å²) < 4.78 is 0. The van der Waals surface area contributed by atoms with E-state index in [2.05, 4.69) is 21.3 Å². The lowest BCUT2D eigenvalue weighted by atomic mass is 9.69. The van der Waals surface area contributed by atoms with E-state index in [0.29, 0.717) is 18.5 Å². The van der Waals surface area contributed by atoms with Gasteiger partial charge >= 0.3 is 0 Å². The number of likely N-dealkylation sites (N-methyl/N-ethyl adjacent to an activating group) is 1. The number of carbonyl (C=O) groups is 4. The van der Waals surface area contributed by atoms with Gasteiger partial charge < -0.3 is 26.2 Å². The van der Waals surface area contributed by atoms with E-state index in [9.17, 15) is 19.2 Å². The maximum Gasteiger partial charge on any atom is 0.246 e. The Kier molecular flexibility index (Phi) is 10.0. The molecule has 0 unspecified atom stereocenters. The lowest BCUT2D eigenvalue weighted by Gasteiger charge is -2.35. The summed E-state index contributed by atoms with van der Waals surface area (Å²) >= 11 is 0. The molecule has 9 nitrogen and oxygen atoms in total. The van der Waals surface area contributed by atoms with E-state index in [4.69, 9.17) is 23.5 Å². The van der Waals surface area contributed by atoms with Crippen molar-refractivity contribution in [2.45, 2.75) is 76.2 Å². The normalized spacial score (nSPS) is 22.2. The molecule has 37 heavy (non-hydrogen) atoms. The molecule has 6 radical (unpaired) electrons. The molecular weight excluding hydrogens is 467 g/mol. The summed E-state index contributed by atoms with van der Waals surface area (Å²) in [6.45, 7) is 1.94. The van der Waals surface area contributed by atoms with Crippen LogP contribution in [0.1, 0.15) is 51.0 Å². The maximum absolute atomic E-state index is 13.5. The van der Waals surface area contributed by atoms with Gasteiger partial charge in [0.05, 0.1) is 21.7 Å². The van der Waals surface area contributed by atoms with Crippen molar-refractivity contribution in [1.82, 2.24) is 20.9 Å². The van der Waals surface area contributed by atoms with Crippen LogP contribution in [0, 0.1) is 0 Å². The zero-order chi connectivity index (χ0) is 27.1. The number of hydrogen-bond acceptors (Lipinski definition) is 5. The highest BCUT2D eigenvalue weighted by atomic mass is 16.2. The number of nitrogens with zero attached hydrogens (tertiary/aromatic N) is 1. The molecule has 0 aliphatic carbocycles. The lowest BCUT2D eigenvalue weighted by molar-refractivity contribution is -0.144. The third-order valence-corrected chi connectivity index (χ3v) is 6.99. The molecule has 0 bridgehead atoms. The maximum atomic E-state index is 13.5. The number of carbonyl (C=O) groups excluding carboxylic acids is 4. The third-order valence-electron chi connectivity index (χ3n) is 6.99. The van der Waals surface area contributed by atoms with Gasteiger partial charge in [0.15, 0.2) is 0 Å². The van der Waals surface area contributed by atoms with Crippen LogP contribution in [0.25, 0.3) is 0 Å². The Bertz CT molecular complexity index is 1060. The minimum atomic E-state index is -0.649. The predicted molar refractivity (Wildman–Crippen MR) is 144 cm³/mol. The Balaban J connectivity index is 1.66. The van der Waals surface area contributed by atoms with Crippen molar-refractivity contribution >= 4 is 52.9 Å². The van der Waals surface area contributed by atoms with Crippen molar-refractivity contribution in [3.63, 3.8) is 0 Å². The van der Waals surface area contributed by atoms with Gasteiger partial charge in [-0.1, -0.05) is 30.4 Å². The monoisotopic (exact) mass is 499 g/mol. The number of anilines is 1. The molecular formula is C25H32B3N5O4. The first-order valence-corrected chi connectivity index (χ1v) is 12.6. The number of amides is 4. The van der Waals surface area contributed by atoms with Crippen molar-refractivity contribution in [3.8, 4) is 0 Å². The van der Waals surface area contributed by atoms with Crippen molar-refractivity contribution in [3.05, 3.63) is 40.7 Å². The fourth-order valence-corrected chi connectivity index (χ4v) is 4.75. The molecule has 4 amide bonds. The van der Waals surface area contributed by atoms with Crippen molar-refractivity contribution in [2.75, 3.05) is 12.4 Å². The molecule has 1 aromatic carbocycles. The minimum Gasteiger partial charge on any atom is -0.350 e. The van der Waals surface area contributed by atoms with E-state index >= 15 is 0 Å². The SMILES string of the molecule is [B]C([B])=C([B])C(=O)Nc1cccc(CNC(=O)[C@@H]2CC[C@@H]3CCCC[C@H](NC(=O)[C@H](C)NC)C(=O)N32)c1. The second-order valence-corrected chi connectivity index (χ2v) is 9.59. The molecule has 12 heteroatoms. The fraction of sp³-hybridized carbons (Fsp3) is 0.520. The number of hydrogen-bond donors (Lipinski definition) is 4. The molecule has 0 spiro atoms. The second kappa shape index (κ2) is 13.0. The summed E-state index contributed by atoms with van der Waals surface area (Å²) in [7, 11) is 18.0. The minimum absolute atomic E-state index is 0.0169. The average molecular weight is 499 g/mol. The van der Waals surface area contributed by atoms with Crippen LogP contribution >= 0.6 is 0 Å². The molecule has 3 rings (SSSR count). The highest BCUT2D eigenvalue weighted by molar-refractivity contribution is 6.56. The van der Waals surface area contributed by atoms with E-state index in [1.54, 1.807) is 43.1 Å². The first-order chi connectivity index (χ1) is 17.6. The van der Waals surface area contributed by atoms with Gasteiger partial charge in [0.25, 0.3) is 0 Å². The number of fused-ring (bicyclic) bond motifs is 1. The Morgan fingerprint density at radius 2 is 1.81 bits per heavy atom. The smallest absolute Gasteiger partial charge is 0.246 e. The summed E-state index contributed by atoms with van der Waals surface area (Å²) in [6.07, 6.45) is 4.49. The van der Waals surface area contributed by atoms with Gasteiger partial charge in [-0.05, 0) is 57.4 Å². The summed E-state index contributed by atoms with van der Waals surface area (Å²) in [5, 5.41) is 11.0. The highest BCUT2D eigenvalue weighted by Gasteiger charge is 2.43. The van der Waals surface area contributed by atoms with E-state index < -0.39 is 24.0 Å². The number of benzene rings is 1. The second-order valence-electron chi connectivity index (χ2n) is 9.59. The average Bonchev–Trinajstić information content (AvgIpc) is 3.30. The van der Waals surface area contributed by atoms with Gasteiger partial charge in [0, 0.05) is 18.3 Å². The predicted octanol–water partition coefficient (Wildman–Crippen LogP) is -0.0578.